The third-order valence-corrected chi connectivity index (χ3v) is 5.26. The molecular weight excluding hydrogens is 280 g/mol. The van der Waals surface area contributed by atoms with Gasteiger partial charge in [-0.3, -0.25) is 0 Å². The SMILES string of the molecule is CN(C)C1CCc2c(c3ccccc3n2Cc2ccccc2)C1. The minimum atomic E-state index is 0.665. The van der Waals surface area contributed by atoms with E-state index in [9.17, 15) is 0 Å². The van der Waals surface area contributed by atoms with Crippen molar-refractivity contribution in [3.8, 4) is 0 Å². The lowest BCUT2D eigenvalue weighted by atomic mass is 9.91. The molecule has 118 valence electrons. The third kappa shape index (κ3) is 2.57. The number of fused-ring (bicyclic) bond motifs is 3. The number of aromatic nitrogens is 1. The second kappa shape index (κ2) is 5.86. The van der Waals surface area contributed by atoms with Gasteiger partial charge in [0.1, 0.15) is 0 Å². The number of para-hydroxylation sites is 1. The highest BCUT2D eigenvalue weighted by atomic mass is 15.1. The molecule has 2 aromatic carbocycles. The van der Waals surface area contributed by atoms with Crippen molar-refractivity contribution in [2.24, 2.45) is 0 Å². The highest BCUT2D eigenvalue weighted by Crippen LogP contribution is 2.33. The smallest absolute Gasteiger partial charge is 0.0488 e. The summed E-state index contributed by atoms with van der Waals surface area (Å²) in [4.78, 5) is 2.38. The van der Waals surface area contributed by atoms with Gasteiger partial charge < -0.3 is 9.47 Å². The van der Waals surface area contributed by atoms with Gasteiger partial charge in [0, 0.05) is 29.2 Å². The summed E-state index contributed by atoms with van der Waals surface area (Å²) < 4.78 is 2.55. The summed E-state index contributed by atoms with van der Waals surface area (Å²) in [5, 5.41) is 1.45. The van der Waals surface area contributed by atoms with Crippen LogP contribution in [0.4, 0.5) is 0 Å². The lowest BCUT2D eigenvalue weighted by Gasteiger charge is -2.29. The van der Waals surface area contributed by atoms with Crippen molar-refractivity contribution in [1.29, 1.82) is 0 Å². The quantitative estimate of drug-likeness (QED) is 0.707. The van der Waals surface area contributed by atoms with Crippen LogP contribution in [0.2, 0.25) is 0 Å². The van der Waals surface area contributed by atoms with Crippen LogP contribution in [0.15, 0.2) is 54.6 Å². The van der Waals surface area contributed by atoms with Crippen LogP contribution in [0, 0.1) is 0 Å². The number of hydrogen-bond donors (Lipinski definition) is 0. The number of nitrogens with zero attached hydrogens (tertiary/aromatic N) is 2. The van der Waals surface area contributed by atoms with Crippen LogP contribution in [0.5, 0.6) is 0 Å². The Morgan fingerprint density at radius 3 is 2.52 bits per heavy atom. The van der Waals surface area contributed by atoms with Crippen LogP contribution in [0.1, 0.15) is 23.2 Å². The number of benzene rings is 2. The molecule has 0 N–H and O–H groups in total. The van der Waals surface area contributed by atoms with Crippen LogP contribution in [-0.4, -0.2) is 29.6 Å². The Balaban J connectivity index is 1.82. The predicted molar refractivity (Wildman–Crippen MR) is 97.0 cm³/mol. The van der Waals surface area contributed by atoms with E-state index in [0.29, 0.717) is 6.04 Å². The molecule has 0 amide bonds. The van der Waals surface area contributed by atoms with Crippen LogP contribution in [0.25, 0.3) is 10.9 Å². The second-order valence-electron chi connectivity index (χ2n) is 6.87. The van der Waals surface area contributed by atoms with Crippen LogP contribution < -0.4 is 0 Å². The van der Waals surface area contributed by atoms with Gasteiger partial charge in [-0.2, -0.15) is 0 Å². The Labute approximate surface area is 138 Å². The minimum absolute atomic E-state index is 0.665. The van der Waals surface area contributed by atoms with E-state index in [2.05, 4.69) is 78.2 Å². The fourth-order valence-electron chi connectivity index (χ4n) is 3.97. The van der Waals surface area contributed by atoms with Crippen molar-refractivity contribution < 1.29 is 0 Å². The number of likely N-dealkylation sites (N-methyl/N-ethyl adjacent to an activating group) is 1. The lowest BCUT2D eigenvalue weighted by molar-refractivity contribution is 0.266. The normalized spacial score (nSPS) is 17.6. The molecule has 0 saturated carbocycles. The van der Waals surface area contributed by atoms with Crippen LogP contribution in [-0.2, 0) is 19.4 Å². The Kier molecular flexibility index (Phi) is 3.70. The highest BCUT2D eigenvalue weighted by Gasteiger charge is 2.26. The van der Waals surface area contributed by atoms with E-state index in [4.69, 9.17) is 0 Å². The second-order valence-corrected chi connectivity index (χ2v) is 6.87. The molecule has 0 fully saturated rings. The van der Waals surface area contributed by atoms with E-state index >= 15 is 0 Å². The summed E-state index contributed by atoms with van der Waals surface area (Å²) in [6, 6.07) is 20.4. The third-order valence-electron chi connectivity index (χ3n) is 5.26. The Morgan fingerprint density at radius 1 is 1.00 bits per heavy atom. The molecule has 1 atom stereocenters. The minimum Gasteiger partial charge on any atom is -0.340 e. The molecule has 1 unspecified atom stereocenters. The molecule has 4 rings (SSSR count). The van der Waals surface area contributed by atoms with E-state index in [1.807, 2.05) is 0 Å². The lowest BCUT2D eigenvalue weighted by Crippen LogP contribution is -2.33. The molecule has 1 aromatic heterocycles. The van der Waals surface area contributed by atoms with E-state index < -0.39 is 0 Å². The zero-order chi connectivity index (χ0) is 15.8. The van der Waals surface area contributed by atoms with Gasteiger partial charge in [-0.25, -0.2) is 0 Å². The summed E-state index contributed by atoms with van der Waals surface area (Å²) in [7, 11) is 4.41. The molecule has 0 spiro atoms. The molecule has 0 bridgehead atoms. The topological polar surface area (TPSA) is 8.17 Å². The molecule has 2 nitrogen and oxygen atoms in total. The monoisotopic (exact) mass is 304 g/mol. The van der Waals surface area contributed by atoms with Crippen molar-refractivity contribution in [1.82, 2.24) is 9.47 Å². The Hall–Kier alpha value is -2.06. The van der Waals surface area contributed by atoms with E-state index in [-0.39, 0.29) is 0 Å². The molecule has 0 saturated heterocycles. The molecular formula is C21H24N2. The van der Waals surface area contributed by atoms with Gasteiger partial charge in [-0.05, 0) is 50.6 Å². The van der Waals surface area contributed by atoms with Gasteiger partial charge in [-0.1, -0.05) is 48.5 Å². The zero-order valence-corrected chi connectivity index (χ0v) is 14.0. The molecule has 0 aliphatic heterocycles. The summed E-state index contributed by atoms with van der Waals surface area (Å²) in [6.07, 6.45) is 3.61. The largest absolute Gasteiger partial charge is 0.340 e. The average molecular weight is 304 g/mol. The van der Waals surface area contributed by atoms with Crippen molar-refractivity contribution in [2.45, 2.75) is 31.8 Å². The van der Waals surface area contributed by atoms with Crippen molar-refractivity contribution >= 4 is 10.9 Å². The summed E-state index contributed by atoms with van der Waals surface area (Å²) in [5.74, 6) is 0. The summed E-state index contributed by atoms with van der Waals surface area (Å²) >= 11 is 0. The Bertz CT molecular complexity index is 814. The maximum atomic E-state index is 2.55. The molecule has 3 aromatic rings. The maximum absolute atomic E-state index is 2.55. The number of rotatable bonds is 3. The van der Waals surface area contributed by atoms with Crippen LogP contribution >= 0.6 is 0 Å². The van der Waals surface area contributed by atoms with E-state index in [1.54, 1.807) is 11.3 Å². The van der Waals surface area contributed by atoms with Gasteiger partial charge in [0.2, 0.25) is 0 Å². The maximum Gasteiger partial charge on any atom is 0.0488 e. The van der Waals surface area contributed by atoms with Crippen LogP contribution in [0.3, 0.4) is 0 Å². The van der Waals surface area contributed by atoms with E-state index in [0.717, 1.165) is 6.54 Å². The van der Waals surface area contributed by atoms with Crippen molar-refractivity contribution in [3.05, 3.63) is 71.4 Å². The first-order chi connectivity index (χ1) is 11.2. The van der Waals surface area contributed by atoms with Gasteiger partial charge in [0.15, 0.2) is 0 Å². The van der Waals surface area contributed by atoms with Gasteiger partial charge in [-0.15, -0.1) is 0 Å². The number of hydrogen-bond acceptors (Lipinski definition) is 1. The molecule has 2 heteroatoms. The summed E-state index contributed by atoms with van der Waals surface area (Å²) in [6.45, 7) is 0.976. The molecule has 1 heterocycles. The van der Waals surface area contributed by atoms with Crippen molar-refractivity contribution in [2.75, 3.05) is 14.1 Å². The van der Waals surface area contributed by atoms with E-state index in [1.165, 1.54) is 35.7 Å². The fourth-order valence-corrected chi connectivity index (χ4v) is 3.97. The zero-order valence-electron chi connectivity index (χ0n) is 14.0. The van der Waals surface area contributed by atoms with Gasteiger partial charge >= 0.3 is 0 Å². The Morgan fingerprint density at radius 2 is 1.74 bits per heavy atom. The molecule has 1 aliphatic rings. The molecule has 0 radical (unpaired) electrons. The first-order valence-corrected chi connectivity index (χ1v) is 8.53. The average Bonchev–Trinajstić information content (AvgIpc) is 2.90. The van der Waals surface area contributed by atoms with Crippen molar-refractivity contribution in [3.63, 3.8) is 0 Å². The summed E-state index contributed by atoms with van der Waals surface area (Å²) in [5.41, 5.74) is 5.89. The predicted octanol–water partition coefficient (Wildman–Crippen LogP) is 4.11. The first kappa shape index (κ1) is 14.5. The highest BCUT2D eigenvalue weighted by molar-refractivity contribution is 5.86. The molecule has 23 heavy (non-hydrogen) atoms. The fraction of sp³-hybridized carbons (Fsp3) is 0.333. The first-order valence-electron chi connectivity index (χ1n) is 8.53. The van der Waals surface area contributed by atoms with Gasteiger partial charge in [0.25, 0.3) is 0 Å². The standard InChI is InChI=1S/C21H24N2/c1-22(2)17-12-13-21-19(14-17)18-10-6-7-11-20(18)23(21)15-16-8-4-3-5-9-16/h3-11,17H,12-15H2,1-2H3. The molecule has 1 aliphatic carbocycles. The van der Waals surface area contributed by atoms with Gasteiger partial charge in [0.05, 0.1) is 0 Å².